The van der Waals surface area contributed by atoms with Crippen LogP contribution in [0.4, 0.5) is 5.82 Å². The summed E-state index contributed by atoms with van der Waals surface area (Å²) in [4.78, 5) is 3.93. The van der Waals surface area contributed by atoms with Crippen molar-refractivity contribution in [3.05, 3.63) is 12.5 Å². The number of halogens is 2. The molecule has 5 heteroatoms. The van der Waals surface area contributed by atoms with Gasteiger partial charge in [0, 0.05) is 5.54 Å². The highest BCUT2D eigenvalue weighted by molar-refractivity contribution is 5.85. The van der Waals surface area contributed by atoms with Gasteiger partial charge in [-0.25, -0.2) is 4.98 Å². The average molecular weight is 212 g/mol. The van der Waals surface area contributed by atoms with Gasteiger partial charge in [0.2, 0.25) is 0 Å². The highest BCUT2D eigenvalue weighted by atomic mass is 35.5. The topological polar surface area (TPSA) is 43.8 Å². The molecule has 1 aromatic rings. The van der Waals surface area contributed by atoms with Gasteiger partial charge in [-0.3, -0.25) is 0 Å². The number of hydrogen-bond donors (Lipinski definition) is 1. The van der Waals surface area contributed by atoms with E-state index in [-0.39, 0.29) is 30.4 Å². The van der Waals surface area contributed by atoms with Crippen molar-refractivity contribution in [3.63, 3.8) is 0 Å². The standard InChI is InChI=1S/C7H13N3.2ClH/c1-7(2,3)10-5-9-4-6(10)8;;/h4-5H,8H2,1-3H3;2*1H. The molecule has 2 N–H and O–H groups in total. The van der Waals surface area contributed by atoms with Crippen LogP contribution in [0.5, 0.6) is 0 Å². The molecule has 72 valence electrons. The molecule has 0 radical (unpaired) electrons. The molecule has 1 rings (SSSR count). The van der Waals surface area contributed by atoms with Crippen molar-refractivity contribution in [2.45, 2.75) is 26.3 Å². The van der Waals surface area contributed by atoms with Crippen LogP contribution in [0.15, 0.2) is 12.5 Å². The lowest BCUT2D eigenvalue weighted by atomic mass is 10.1. The van der Waals surface area contributed by atoms with Gasteiger partial charge in [0.15, 0.2) is 0 Å². The molecule has 1 aromatic heterocycles. The van der Waals surface area contributed by atoms with E-state index in [0.717, 1.165) is 0 Å². The second-order valence-corrected chi connectivity index (χ2v) is 3.36. The molecule has 0 unspecified atom stereocenters. The van der Waals surface area contributed by atoms with Crippen LogP contribution >= 0.6 is 24.8 Å². The zero-order chi connectivity index (χ0) is 7.78. The first kappa shape index (κ1) is 14.1. The monoisotopic (exact) mass is 211 g/mol. The van der Waals surface area contributed by atoms with Gasteiger partial charge in [-0.1, -0.05) is 0 Å². The summed E-state index contributed by atoms with van der Waals surface area (Å²) in [5.41, 5.74) is 5.67. The molecule has 0 fully saturated rings. The van der Waals surface area contributed by atoms with E-state index in [1.54, 1.807) is 12.5 Å². The SMILES string of the molecule is CC(C)(C)n1cncc1N.Cl.Cl. The van der Waals surface area contributed by atoms with E-state index >= 15 is 0 Å². The van der Waals surface area contributed by atoms with E-state index in [1.165, 1.54) is 0 Å². The number of aromatic nitrogens is 2. The first-order valence-corrected chi connectivity index (χ1v) is 3.30. The Hall–Kier alpha value is -0.410. The zero-order valence-electron chi connectivity index (χ0n) is 7.44. The Kier molecular flexibility index (Phi) is 5.39. The average Bonchev–Trinajstić information content (AvgIpc) is 2.11. The summed E-state index contributed by atoms with van der Waals surface area (Å²) < 4.78 is 1.94. The minimum absolute atomic E-state index is 0. The predicted molar refractivity (Wildman–Crippen MR) is 56.1 cm³/mol. The molecule has 1 heterocycles. The summed E-state index contributed by atoms with van der Waals surface area (Å²) in [5.74, 6) is 0.715. The molecule has 0 aliphatic carbocycles. The van der Waals surface area contributed by atoms with Gasteiger partial charge in [-0.2, -0.15) is 0 Å². The van der Waals surface area contributed by atoms with Crippen LogP contribution in [0.1, 0.15) is 20.8 Å². The maximum Gasteiger partial charge on any atom is 0.123 e. The van der Waals surface area contributed by atoms with E-state index in [0.29, 0.717) is 5.82 Å². The van der Waals surface area contributed by atoms with Gasteiger partial charge in [0.25, 0.3) is 0 Å². The predicted octanol–water partition coefficient (Wildman–Crippen LogP) is 2.06. The van der Waals surface area contributed by atoms with E-state index in [9.17, 15) is 0 Å². The second-order valence-electron chi connectivity index (χ2n) is 3.36. The normalized spacial score (nSPS) is 9.92. The summed E-state index contributed by atoms with van der Waals surface area (Å²) in [5, 5.41) is 0. The lowest BCUT2D eigenvalue weighted by molar-refractivity contribution is 0.402. The third kappa shape index (κ3) is 2.91. The van der Waals surface area contributed by atoms with Crippen LogP contribution < -0.4 is 5.73 Å². The fraction of sp³-hybridized carbons (Fsp3) is 0.571. The number of nitrogen functional groups attached to an aromatic ring is 1. The van der Waals surface area contributed by atoms with Crippen molar-refractivity contribution in [2.24, 2.45) is 0 Å². The van der Waals surface area contributed by atoms with Crippen LogP contribution in [0.2, 0.25) is 0 Å². The molecule has 0 atom stereocenters. The van der Waals surface area contributed by atoms with Crippen LogP contribution in [-0.4, -0.2) is 9.55 Å². The Balaban J connectivity index is 0. The molecule has 0 saturated heterocycles. The largest absolute Gasteiger partial charge is 0.384 e. The highest BCUT2D eigenvalue weighted by Crippen LogP contribution is 2.16. The summed E-state index contributed by atoms with van der Waals surface area (Å²) in [6, 6.07) is 0. The Labute approximate surface area is 85.2 Å². The van der Waals surface area contributed by atoms with Gasteiger partial charge >= 0.3 is 0 Å². The van der Waals surface area contributed by atoms with Crippen LogP contribution in [0, 0.1) is 0 Å². The summed E-state index contributed by atoms with van der Waals surface area (Å²) in [6.07, 6.45) is 3.40. The summed E-state index contributed by atoms with van der Waals surface area (Å²) in [7, 11) is 0. The van der Waals surface area contributed by atoms with Crippen molar-refractivity contribution in [1.29, 1.82) is 0 Å². The molecule has 0 aliphatic rings. The number of anilines is 1. The van der Waals surface area contributed by atoms with E-state index in [1.807, 2.05) is 4.57 Å². The van der Waals surface area contributed by atoms with Gasteiger partial charge in [-0.15, -0.1) is 24.8 Å². The second kappa shape index (κ2) is 4.58. The van der Waals surface area contributed by atoms with Crippen molar-refractivity contribution in [1.82, 2.24) is 9.55 Å². The molecule has 0 amide bonds. The maximum atomic E-state index is 5.63. The van der Waals surface area contributed by atoms with Crippen molar-refractivity contribution >= 4 is 30.6 Å². The van der Waals surface area contributed by atoms with Gasteiger partial charge in [0.1, 0.15) is 5.82 Å². The van der Waals surface area contributed by atoms with Gasteiger partial charge in [-0.05, 0) is 20.8 Å². The lowest BCUT2D eigenvalue weighted by Gasteiger charge is -2.21. The van der Waals surface area contributed by atoms with Gasteiger partial charge < -0.3 is 10.3 Å². The molecule has 12 heavy (non-hydrogen) atoms. The zero-order valence-corrected chi connectivity index (χ0v) is 9.08. The minimum atomic E-state index is 0. The van der Waals surface area contributed by atoms with Crippen molar-refractivity contribution in [3.8, 4) is 0 Å². The van der Waals surface area contributed by atoms with E-state index in [4.69, 9.17) is 5.73 Å². The maximum absolute atomic E-state index is 5.63. The third-order valence-corrected chi connectivity index (χ3v) is 1.39. The van der Waals surface area contributed by atoms with Crippen LogP contribution in [0.3, 0.4) is 0 Å². The van der Waals surface area contributed by atoms with E-state index < -0.39 is 0 Å². The number of nitrogens with two attached hydrogens (primary N) is 1. The minimum Gasteiger partial charge on any atom is -0.384 e. The first-order chi connectivity index (χ1) is 4.52. The van der Waals surface area contributed by atoms with Crippen LogP contribution in [-0.2, 0) is 5.54 Å². The fourth-order valence-corrected chi connectivity index (χ4v) is 0.866. The number of hydrogen-bond acceptors (Lipinski definition) is 2. The molecule has 0 aliphatic heterocycles. The molecular weight excluding hydrogens is 197 g/mol. The molecule has 0 saturated carbocycles. The number of imidazole rings is 1. The number of nitrogens with zero attached hydrogens (tertiary/aromatic N) is 2. The van der Waals surface area contributed by atoms with Gasteiger partial charge in [0.05, 0.1) is 12.5 Å². The Bertz CT molecular complexity index is 227. The summed E-state index contributed by atoms with van der Waals surface area (Å²) in [6.45, 7) is 6.26. The molecule has 0 aromatic carbocycles. The smallest absolute Gasteiger partial charge is 0.123 e. The molecule has 0 bridgehead atoms. The highest BCUT2D eigenvalue weighted by Gasteiger charge is 2.13. The van der Waals surface area contributed by atoms with Crippen molar-refractivity contribution < 1.29 is 0 Å². The Morgan fingerprint density at radius 3 is 2.00 bits per heavy atom. The molecular formula is C7H15Cl2N3. The van der Waals surface area contributed by atoms with Crippen molar-refractivity contribution in [2.75, 3.05) is 5.73 Å². The first-order valence-electron chi connectivity index (χ1n) is 3.30. The Morgan fingerprint density at radius 1 is 1.33 bits per heavy atom. The molecule has 0 spiro atoms. The number of rotatable bonds is 0. The molecule has 3 nitrogen and oxygen atoms in total. The quantitative estimate of drug-likeness (QED) is 0.715. The van der Waals surface area contributed by atoms with Crippen LogP contribution in [0.25, 0.3) is 0 Å². The van der Waals surface area contributed by atoms with E-state index in [2.05, 4.69) is 25.8 Å². The Morgan fingerprint density at radius 2 is 1.83 bits per heavy atom. The fourth-order valence-electron chi connectivity index (χ4n) is 0.866. The summed E-state index contributed by atoms with van der Waals surface area (Å²) >= 11 is 0. The third-order valence-electron chi connectivity index (χ3n) is 1.39. The lowest BCUT2D eigenvalue weighted by Crippen LogP contribution is -2.22.